The van der Waals surface area contributed by atoms with E-state index in [4.69, 9.17) is 16.3 Å². The van der Waals surface area contributed by atoms with E-state index in [1.807, 2.05) is 0 Å². The highest BCUT2D eigenvalue weighted by Gasteiger charge is 2.28. The summed E-state index contributed by atoms with van der Waals surface area (Å²) in [5.41, 5.74) is -0.0680. The van der Waals surface area contributed by atoms with Gasteiger partial charge < -0.3 is 14.2 Å². The number of esters is 1. The molecule has 0 saturated heterocycles. The number of rotatable bonds is 6. The molecule has 0 amide bonds. The molecule has 2 aromatic rings. The van der Waals surface area contributed by atoms with Gasteiger partial charge in [-0.05, 0) is 18.2 Å². The van der Waals surface area contributed by atoms with Crippen LogP contribution in [-0.2, 0) is 11.3 Å². The molecule has 1 heterocycles. The molecule has 0 aliphatic heterocycles. The number of benzene rings is 1. The smallest absolute Gasteiger partial charge is 0.422 e. The van der Waals surface area contributed by atoms with Crippen LogP contribution in [0.5, 0.6) is 11.6 Å². The Morgan fingerprint density at radius 1 is 1.23 bits per heavy atom. The molecule has 0 fully saturated rings. The fraction of sp³-hybridized carbons (Fsp3) is 0.250. The van der Waals surface area contributed by atoms with Crippen LogP contribution in [0.4, 0.5) is 17.6 Å². The van der Waals surface area contributed by atoms with Gasteiger partial charge in [0, 0.05) is 16.7 Å². The van der Waals surface area contributed by atoms with Gasteiger partial charge in [-0.3, -0.25) is 0 Å². The van der Waals surface area contributed by atoms with Crippen molar-refractivity contribution < 1.29 is 36.6 Å². The van der Waals surface area contributed by atoms with Crippen molar-refractivity contribution in [3.8, 4) is 11.6 Å². The van der Waals surface area contributed by atoms with E-state index in [1.165, 1.54) is 12.1 Å². The van der Waals surface area contributed by atoms with Crippen LogP contribution in [0.1, 0.15) is 15.9 Å². The number of hydrogen-bond donors (Lipinski definition) is 0. The monoisotopic (exact) mass is 393 g/mol. The first kappa shape index (κ1) is 19.8. The van der Waals surface area contributed by atoms with Crippen LogP contribution in [0.25, 0.3) is 0 Å². The molecule has 1 aromatic carbocycles. The minimum Gasteiger partial charge on any atom is -0.483 e. The molecule has 0 spiro atoms. The number of ether oxygens (including phenoxy) is 3. The van der Waals surface area contributed by atoms with Gasteiger partial charge in [-0.15, -0.1) is 0 Å². The van der Waals surface area contributed by atoms with E-state index in [0.717, 1.165) is 25.4 Å². The second-order valence-corrected chi connectivity index (χ2v) is 5.35. The van der Waals surface area contributed by atoms with Crippen molar-refractivity contribution in [3.63, 3.8) is 0 Å². The number of carbonyl (C=O) groups excluding carboxylic acids is 1. The molecule has 10 heteroatoms. The zero-order valence-corrected chi connectivity index (χ0v) is 14.0. The Kier molecular flexibility index (Phi) is 6.25. The maximum absolute atomic E-state index is 13.9. The molecule has 0 N–H and O–H groups in total. The standard InChI is InChI=1S/C16H12ClF4NO4/c1-24-15(23)11-5-12(17)9(4-13(11)18)7-25-14-3-2-10(6-22-14)26-8-16(19,20)21/h2-6H,7-8H2,1H3. The summed E-state index contributed by atoms with van der Waals surface area (Å²) in [7, 11) is 1.11. The van der Waals surface area contributed by atoms with Gasteiger partial charge in [-0.1, -0.05) is 11.6 Å². The summed E-state index contributed by atoms with van der Waals surface area (Å²) in [6.07, 6.45) is -3.39. The van der Waals surface area contributed by atoms with E-state index < -0.39 is 24.6 Å². The van der Waals surface area contributed by atoms with Crippen molar-refractivity contribution in [1.29, 1.82) is 0 Å². The average Bonchev–Trinajstić information content (AvgIpc) is 2.60. The number of nitrogens with zero attached hydrogens (tertiary/aromatic N) is 1. The molecule has 0 bridgehead atoms. The summed E-state index contributed by atoms with van der Waals surface area (Å²) in [5.74, 6) is -1.71. The van der Waals surface area contributed by atoms with Gasteiger partial charge in [-0.25, -0.2) is 14.2 Å². The van der Waals surface area contributed by atoms with Crippen molar-refractivity contribution in [1.82, 2.24) is 4.98 Å². The fourth-order valence-electron chi connectivity index (χ4n) is 1.82. The maximum atomic E-state index is 13.9. The van der Waals surface area contributed by atoms with Crippen molar-refractivity contribution in [2.24, 2.45) is 0 Å². The summed E-state index contributed by atoms with van der Waals surface area (Å²) in [6, 6.07) is 4.67. The maximum Gasteiger partial charge on any atom is 0.422 e. The number of pyridine rings is 1. The largest absolute Gasteiger partial charge is 0.483 e. The van der Waals surface area contributed by atoms with Crippen molar-refractivity contribution in [3.05, 3.63) is 52.4 Å². The van der Waals surface area contributed by atoms with Gasteiger partial charge in [0.2, 0.25) is 5.88 Å². The lowest BCUT2D eigenvalue weighted by Gasteiger charge is -2.11. The highest BCUT2D eigenvalue weighted by atomic mass is 35.5. The number of alkyl halides is 3. The second kappa shape index (κ2) is 8.22. The Morgan fingerprint density at radius 2 is 1.96 bits per heavy atom. The van der Waals surface area contributed by atoms with E-state index in [9.17, 15) is 22.4 Å². The Morgan fingerprint density at radius 3 is 2.54 bits per heavy atom. The Balaban J connectivity index is 2.00. The molecule has 140 valence electrons. The molecule has 0 radical (unpaired) electrons. The van der Waals surface area contributed by atoms with Gasteiger partial charge in [0.05, 0.1) is 18.9 Å². The van der Waals surface area contributed by atoms with Gasteiger partial charge in [-0.2, -0.15) is 13.2 Å². The van der Waals surface area contributed by atoms with Crippen LogP contribution in [-0.4, -0.2) is 30.8 Å². The lowest BCUT2D eigenvalue weighted by Crippen LogP contribution is -2.19. The summed E-state index contributed by atoms with van der Waals surface area (Å²) in [5, 5.41) is 0.0805. The van der Waals surface area contributed by atoms with E-state index in [1.54, 1.807) is 0 Å². The number of carbonyl (C=O) groups is 1. The van der Waals surface area contributed by atoms with E-state index in [-0.39, 0.29) is 34.4 Å². The molecule has 0 saturated carbocycles. The topological polar surface area (TPSA) is 57.7 Å². The quantitative estimate of drug-likeness (QED) is 0.544. The highest BCUT2D eigenvalue weighted by Crippen LogP contribution is 2.24. The summed E-state index contributed by atoms with van der Waals surface area (Å²) >= 11 is 5.98. The first-order chi connectivity index (χ1) is 12.2. The van der Waals surface area contributed by atoms with Gasteiger partial charge in [0.1, 0.15) is 18.2 Å². The van der Waals surface area contributed by atoms with Crippen LogP contribution in [0, 0.1) is 5.82 Å². The lowest BCUT2D eigenvalue weighted by atomic mass is 10.1. The Hall–Kier alpha value is -2.55. The van der Waals surface area contributed by atoms with Crippen molar-refractivity contribution in [2.75, 3.05) is 13.7 Å². The van der Waals surface area contributed by atoms with E-state index in [0.29, 0.717) is 0 Å². The van der Waals surface area contributed by atoms with Crippen molar-refractivity contribution >= 4 is 17.6 Å². The second-order valence-electron chi connectivity index (χ2n) is 4.94. The molecule has 26 heavy (non-hydrogen) atoms. The third-order valence-electron chi connectivity index (χ3n) is 3.03. The first-order valence-corrected chi connectivity index (χ1v) is 7.42. The number of aromatic nitrogens is 1. The van der Waals surface area contributed by atoms with Crippen LogP contribution in [0.2, 0.25) is 5.02 Å². The third kappa shape index (κ3) is 5.48. The van der Waals surface area contributed by atoms with Gasteiger partial charge in [0.25, 0.3) is 0 Å². The number of halogens is 5. The van der Waals surface area contributed by atoms with Crippen LogP contribution < -0.4 is 9.47 Å². The summed E-state index contributed by atoms with van der Waals surface area (Å²) in [6.45, 7) is -1.61. The average molecular weight is 394 g/mol. The summed E-state index contributed by atoms with van der Waals surface area (Å²) < 4.78 is 64.3. The first-order valence-electron chi connectivity index (χ1n) is 7.04. The minimum absolute atomic E-state index is 0.0675. The van der Waals surface area contributed by atoms with E-state index in [2.05, 4.69) is 14.5 Å². The van der Waals surface area contributed by atoms with Gasteiger partial charge in [0.15, 0.2) is 6.61 Å². The predicted molar refractivity (Wildman–Crippen MR) is 82.9 cm³/mol. The molecule has 0 aliphatic rings. The van der Waals surface area contributed by atoms with Crippen LogP contribution >= 0.6 is 11.6 Å². The third-order valence-corrected chi connectivity index (χ3v) is 3.38. The van der Waals surface area contributed by atoms with Crippen LogP contribution in [0.3, 0.4) is 0 Å². The lowest BCUT2D eigenvalue weighted by molar-refractivity contribution is -0.153. The molecule has 1 aromatic heterocycles. The number of methoxy groups -OCH3 is 1. The molecule has 2 rings (SSSR count). The zero-order valence-electron chi connectivity index (χ0n) is 13.3. The Labute approximate surface area is 150 Å². The molecule has 0 unspecified atom stereocenters. The molecular weight excluding hydrogens is 382 g/mol. The SMILES string of the molecule is COC(=O)c1cc(Cl)c(COc2ccc(OCC(F)(F)F)cn2)cc1F. The van der Waals surface area contributed by atoms with Crippen molar-refractivity contribution in [2.45, 2.75) is 12.8 Å². The molecule has 0 atom stereocenters. The summed E-state index contributed by atoms with van der Waals surface area (Å²) in [4.78, 5) is 15.2. The zero-order chi connectivity index (χ0) is 19.3. The molecular formula is C16H12ClF4NO4. The van der Waals surface area contributed by atoms with E-state index >= 15 is 0 Å². The highest BCUT2D eigenvalue weighted by molar-refractivity contribution is 6.31. The molecule has 0 aliphatic carbocycles. The van der Waals surface area contributed by atoms with Crippen LogP contribution in [0.15, 0.2) is 30.5 Å². The fourth-order valence-corrected chi connectivity index (χ4v) is 2.04. The minimum atomic E-state index is -4.45. The predicted octanol–water partition coefficient (Wildman–Crippen LogP) is 4.18. The normalized spacial score (nSPS) is 11.2. The van der Waals surface area contributed by atoms with Gasteiger partial charge >= 0.3 is 12.1 Å². The number of hydrogen-bond acceptors (Lipinski definition) is 5. The molecule has 5 nitrogen and oxygen atoms in total. The Bertz CT molecular complexity index is 781.